The number of nitrogens with one attached hydrogen (secondary N) is 1. The van der Waals surface area contributed by atoms with E-state index in [0.717, 1.165) is 11.1 Å². The van der Waals surface area contributed by atoms with Crippen LogP contribution in [0, 0.1) is 18.8 Å². The second-order valence-electron chi connectivity index (χ2n) is 5.25. The second kappa shape index (κ2) is 6.14. The van der Waals surface area contributed by atoms with Crippen LogP contribution in [0.1, 0.15) is 31.9 Å². The summed E-state index contributed by atoms with van der Waals surface area (Å²) in [5.74, 6) is 5.77. The molecule has 3 N–H and O–H groups in total. The van der Waals surface area contributed by atoms with E-state index in [0.29, 0.717) is 5.69 Å². The molecule has 1 aromatic carbocycles. The van der Waals surface area contributed by atoms with E-state index in [4.69, 9.17) is 10.5 Å². The van der Waals surface area contributed by atoms with Gasteiger partial charge >= 0.3 is 6.09 Å². The van der Waals surface area contributed by atoms with E-state index in [1.807, 2.05) is 45.9 Å². The predicted molar refractivity (Wildman–Crippen MR) is 76.7 cm³/mol. The molecule has 0 saturated carbocycles. The van der Waals surface area contributed by atoms with Crippen LogP contribution < -0.4 is 11.1 Å². The molecule has 1 rings (SSSR count). The molecule has 4 nitrogen and oxygen atoms in total. The Bertz CT molecular complexity index is 519. The number of nitrogens with two attached hydrogens (primary N) is 1. The maximum Gasteiger partial charge on any atom is 0.408 e. The van der Waals surface area contributed by atoms with Crippen LogP contribution in [0.5, 0.6) is 0 Å². The summed E-state index contributed by atoms with van der Waals surface area (Å²) in [4.78, 5) is 11.4. The second-order valence-corrected chi connectivity index (χ2v) is 5.25. The molecule has 0 bridgehead atoms. The molecule has 0 fully saturated rings. The Balaban J connectivity index is 2.52. The topological polar surface area (TPSA) is 64.3 Å². The zero-order valence-corrected chi connectivity index (χ0v) is 11.8. The summed E-state index contributed by atoms with van der Waals surface area (Å²) in [5, 5.41) is 2.57. The van der Waals surface area contributed by atoms with Gasteiger partial charge in [0.05, 0.1) is 6.54 Å². The molecule has 0 atom stereocenters. The minimum Gasteiger partial charge on any atom is -0.444 e. The predicted octanol–water partition coefficient (Wildman–Crippen LogP) is 2.45. The molecule has 0 unspecified atom stereocenters. The number of carbonyl (C=O) groups is 1. The summed E-state index contributed by atoms with van der Waals surface area (Å²) in [7, 11) is 0. The van der Waals surface area contributed by atoms with Gasteiger partial charge in [0.15, 0.2) is 0 Å². The van der Waals surface area contributed by atoms with Crippen LogP contribution in [0.2, 0.25) is 0 Å². The van der Waals surface area contributed by atoms with Gasteiger partial charge in [0.1, 0.15) is 5.60 Å². The number of alkyl carbamates (subject to hydrolysis) is 1. The number of aryl methyl sites for hydroxylation is 1. The van der Waals surface area contributed by atoms with Crippen molar-refractivity contribution in [1.82, 2.24) is 5.32 Å². The molecule has 0 saturated heterocycles. The minimum atomic E-state index is -0.502. The first-order valence-electron chi connectivity index (χ1n) is 6.10. The molecular formula is C15H20N2O2. The van der Waals surface area contributed by atoms with Gasteiger partial charge < -0.3 is 15.8 Å². The number of carbonyl (C=O) groups excluding carboxylic acids is 1. The Morgan fingerprint density at radius 1 is 1.42 bits per heavy atom. The highest BCUT2D eigenvalue weighted by molar-refractivity contribution is 5.68. The van der Waals surface area contributed by atoms with Crippen molar-refractivity contribution >= 4 is 11.8 Å². The molecule has 19 heavy (non-hydrogen) atoms. The summed E-state index contributed by atoms with van der Waals surface area (Å²) in [6, 6.07) is 5.66. The minimum absolute atomic E-state index is 0.224. The first-order valence-corrected chi connectivity index (χ1v) is 6.10. The largest absolute Gasteiger partial charge is 0.444 e. The lowest BCUT2D eigenvalue weighted by Gasteiger charge is -2.19. The molecule has 4 heteroatoms. The van der Waals surface area contributed by atoms with Crippen LogP contribution >= 0.6 is 0 Å². The number of hydrogen-bond acceptors (Lipinski definition) is 3. The third kappa shape index (κ3) is 5.82. The fraction of sp³-hybridized carbons (Fsp3) is 0.400. The van der Waals surface area contributed by atoms with Gasteiger partial charge in [0, 0.05) is 11.3 Å². The van der Waals surface area contributed by atoms with Gasteiger partial charge in [0.25, 0.3) is 0 Å². The molecule has 1 aromatic rings. The number of rotatable bonds is 1. The van der Waals surface area contributed by atoms with Gasteiger partial charge in [-0.1, -0.05) is 17.9 Å². The summed E-state index contributed by atoms with van der Waals surface area (Å²) >= 11 is 0. The third-order valence-electron chi connectivity index (χ3n) is 2.15. The van der Waals surface area contributed by atoms with Crippen molar-refractivity contribution in [3.63, 3.8) is 0 Å². The Morgan fingerprint density at radius 2 is 2.11 bits per heavy atom. The Morgan fingerprint density at radius 3 is 2.74 bits per heavy atom. The fourth-order valence-corrected chi connectivity index (χ4v) is 1.35. The van der Waals surface area contributed by atoms with Crippen LogP contribution in [0.4, 0.5) is 10.5 Å². The van der Waals surface area contributed by atoms with Crippen molar-refractivity contribution in [2.24, 2.45) is 0 Å². The van der Waals surface area contributed by atoms with Gasteiger partial charge in [-0.25, -0.2) is 4.79 Å². The van der Waals surface area contributed by atoms with Crippen molar-refractivity contribution in [2.45, 2.75) is 33.3 Å². The smallest absolute Gasteiger partial charge is 0.408 e. The molecule has 0 aliphatic rings. The summed E-state index contributed by atoms with van der Waals surface area (Å²) in [6.07, 6.45) is -0.473. The SMILES string of the molecule is Cc1ccc(N)c(C#CCNC(=O)OC(C)(C)C)c1. The van der Waals surface area contributed by atoms with E-state index in [9.17, 15) is 4.79 Å². The Kier molecular flexibility index (Phi) is 4.82. The quantitative estimate of drug-likeness (QED) is 0.602. The Hall–Kier alpha value is -2.15. The summed E-state index contributed by atoms with van der Waals surface area (Å²) < 4.78 is 5.09. The van der Waals surface area contributed by atoms with Crippen LogP contribution in [0.3, 0.4) is 0 Å². The monoisotopic (exact) mass is 260 g/mol. The van der Waals surface area contributed by atoms with E-state index >= 15 is 0 Å². The van der Waals surface area contributed by atoms with Gasteiger partial charge in [-0.05, 0) is 45.4 Å². The van der Waals surface area contributed by atoms with Crippen LogP contribution in [-0.4, -0.2) is 18.2 Å². The number of ether oxygens (including phenoxy) is 1. The van der Waals surface area contributed by atoms with E-state index in [1.165, 1.54) is 0 Å². The molecular weight excluding hydrogens is 240 g/mol. The van der Waals surface area contributed by atoms with Gasteiger partial charge in [0.2, 0.25) is 0 Å². The van der Waals surface area contributed by atoms with E-state index in [2.05, 4.69) is 17.2 Å². The highest BCUT2D eigenvalue weighted by atomic mass is 16.6. The third-order valence-corrected chi connectivity index (χ3v) is 2.15. The lowest BCUT2D eigenvalue weighted by Crippen LogP contribution is -2.32. The molecule has 102 valence electrons. The van der Waals surface area contributed by atoms with Crippen LogP contribution in [0.25, 0.3) is 0 Å². The van der Waals surface area contributed by atoms with Gasteiger partial charge in [-0.3, -0.25) is 0 Å². The standard InChI is InChI=1S/C15H20N2O2/c1-11-7-8-13(16)12(10-11)6-5-9-17-14(18)19-15(2,3)4/h7-8,10H,9,16H2,1-4H3,(H,17,18). The van der Waals surface area contributed by atoms with Crippen LogP contribution in [0.15, 0.2) is 18.2 Å². The Labute approximate surface area is 114 Å². The molecule has 0 aliphatic heterocycles. The fourth-order valence-electron chi connectivity index (χ4n) is 1.35. The molecule has 0 heterocycles. The van der Waals surface area contributed by atoms with Crippen molar-refractivity contribution in [3.8, 4) is 11.8 Å². The molecule has 0 spiro atoms. The molecule has 0 aromatic heterocycles. The van der Waals surface area contributed by atoms with Crippen molar-refractivity contribution < 1.29 is 9.53 Å². The number of hydrogen-bond donors (Lipinski definition) is 2. The maximum absolute atomic E-state index is 11.4. The molecule has 0 radical (unpaired) electrons. The van der Waals surface area contributed by atoms with Gasteiger partial charge in [-0.2, -0.15) is 0 Å². The highest BCUT2D eigenvalue weighted by Gasteiger charge is 2.14. The summed E-state index contributed by atoms with van der Waals surface area (Å²) in [5.41, 5.74) is 7.80. The average Bonchev–Trinajstić information content (AvgIpc) is 2.26. The summed E-state index contributed by atoms with van der Waals surface area (Å²) in [6.45, 7) is 7.63. The zero-order valence-electron chi connectivity index (χ0n) is 11.8. The van der Waals surface area contributed by atoms with Crippen LogP contribution in [-0.2, 0) is 4.74 Å². The first-order chi connectivity index (χ1) is 8.78. The molecule has 1 amide bonds. The number of nitrogen functional groups attached to an aromatic ring is 1. The van der Waals surface area contributed by atoms with Crippen molar-refractivity contribution in [2.75, 3.05) is 12.3 Å². The zero-order chi connectivity index (χ0) is 14.5. The van der Waals surface area contributed by atoms with Gasteiger partial charge in [-0.15, -0.1) is 0 Å². The van der Waals surface area contributed by atoms with Crippen molar-refractivity contribution in [3.05, 3.63) is 29.3 Å². The average molecular weight is 260 g/mol. The van der Waals surface area contributed by atoms with Crippen molar-refractivity contribution in [1.29, 1.82) is 0 Å². The lowest BCUT2D eigenvalue weighted by atomic mass is 10.1. The first kappa shape index (κ1) is 14.9. The maximum atomic E-state index is 11.4. The van der Waals surface area contributed by atoms with E-state index in [-0.39, 0.29) is 6.54 Å². The lowest BCUT2D eigenvalue weighted by molar-refractivity contribution is 0.0535. The van der Waals surface area contributed by atoms with E-state index in [1.54, 1.807) is 0 Å². The highest BCUT2D eigenvalue weighted by Crippen LogP contribution is 2.11. The van der Waals surface area contributed by atoms with E-state index < -0.39 is 11.7 Å². The molecule has 0 aliphatic carbocycles. The number of benzene rings is 1. The normalized spacial score (nSPS) is 10.3. The number of anilines is 1. The number of amides is 1.